The Kier molecular flexibility index (Phi) is 6.75. The van der Waals surface area contributed by atoms with Crippen molar-refractivity contribution < 1.29 is 14.3 Å². The minimum Gasteiger partial charge on any atom is -0.497 e. The third kappa shape index (κ3) is 4.87. The zero-order chi connectivity index (χ0) is 23.4. The van der Waals surface area contributed by atoms with Crippen LogP contribution in [0, 0.1) is 12.3 Å². The number of carbonyl (C=O) groups is 2. The number of hydrogen-bond acceptors (Lipinski definition) is 6. The number of rotatable bonds is 6. The van der Waals surface area contributed by atoms with Gasteiger partial charge in [-0.05, 0) is 61.4 Å². The number of methoxy groups -OCH3 is 1. The van der Waals surface area contributed by atoms with E-state index in [2.05, 4.69) is 15.6 Å². The van der Waals surface area contributed by atoms with Gasteiger partial charge in [-0.15, -0.1) is 0 Å². The number of nitrogens with two attached hydrogens (primary N) is 1. The molecule has 8 nitrogen and oxygen atoms in total. The topological polar surface area (TPSA) is 130 Å². The summed E-state index contributed by atoms with van der Waals surface area (Å²) in [6.07, 6.45) is 1.41. The zero-order valence-corrected chi connectivity index (χ0v) is 18.5. The number of hydrogen-bond donors (Lipinski definition) is 4. The normalized spacial score (nSPS) is 10.4. The third-order valence-corrected chi connectivity index (χ3v) is 5.08. The van der Waals surface area contributed by atoms with Crippen LogP contribution in [-0.2, 0) is 0 Å². The van der Waals surface area contributed by atoms with Crippen LogP contribution in [-0.4, -0.2) is 29.6 Å². The molecule has 1 aromatic heterocycles. The largest absolute Gasteiger partial charge is 0.497 e. The first kappa shape index (κ1) is 22.8. The first-order valence-electron chi connectivity index (χ1n) is 9.58. The van der Waals surface area contributed by atoms with E-state index in [1.165, 1.54) is 19.4 Å². The molecule has 0 aliphatic carbocycles. The quantitative estimate of drug-likeness (QED) is 0.323. The Morgan fingerprint density at radius 2 is 1.72 bits per heavy atom. The predicted octanol–water partition coefficient (Wildman–Crippen LogP) is 4.53. The molecule has 32 heavy (non-hydrogen) atoms. The van der Waals surface area contributed by atoms with Crippen molar-refractivity contribution in [2.24, 2.45) is 0 Å². The highest BCUT2D eigenvalue weighted by atomic mass is 35.5. The summed E-state index contributed by atoms with van der Waals surface area (Å²) in [5.74, 6) is -0.230. The minimum atomic E-state index is -0.493. The molecule has 0 saturated carbocycles. The number of halogens is 1. The number of benzene rings is 2. The fourth-order valence-electron chi connectivity index (χ4n) is 3.10. The van der Waals surface area contributed by atoms with Gasteiger partial charge in [-0.1, -0.05) is 17.7 Å². The van der Waals surface area contributed by atoms with Crippen molar-refractivity contribution in [3.8, 4) is 5.75 Å². The van der Waals surface area contributed by atoms with E-state index in [1.54, 1.807) is 50.2 Å². The van der Waals surface area contributed by atoms with Crippen LogP contribution in [0.1, 0.15) is 38.8 Å². The van der Waals surface area contributed by atoms with Crippen LogP contribution < -0.4 is 21.1 Å². The lowest BCUT2D eigenvalue weighted by Gasteiger charge is -2.15. The van der Waals surface area contributed by atoms with Crippen molar-refractivity contribution >= 4 is 46.3 Å². The van der Waals surface area contributed by atoms with Crippen LogP contribution in [0.3, 0.4) is 0 Å². The van der Waals surface area contributed by atoms with Crippen molar-refractivity contribution in [3.05, 3.63) is 75.9 Å². The molecule has 0 saturated heterocycles. The van der Waals surface area contributed by atoms with Gasteiger partial charge in [0.25, 0.3) is 11.8 Å². The summed E-state index contributed by atoms with van der Waals surface area (Å²) >= 11 is 5.84. The van der Waals surface area contributed by atoms with E-state index in [4.69, 9.17) is 27.5 Å². The molecule has 9 heteroatoms. The highest BCUT2D eigenvalue weighted by Gasteiger charge is 2.19. The molecule has 0 bridgehead atoms. The Bertz CT molecular complexity index is 1210. The molecule has 0 fully saturated rings. The van der Waals surface area contributed by atoms with Gasteiger partial charge in [0.15, 0.2) is 0 Å². The summed E-state index contributed by atoms with van der Waals surface area (Å²) in [6.45, 7) is 3.41. The van der Waals surface area contributed by atoms with Crippen LogP contribution in [0.4, 0.5) is 17.2 Å². The molecule has 2 aromatic carbocycles. The van der Waals surface area contributed by atoms with Gasteiger partial charge in [0, 0.05) is 17.6 Å². The van der Waals surface area contributed by atoms with Gasteiger partial charge in [0.2, 0.25) is 0 Å². The summed E-state index contributed by atoms with van der Waals surface area (Å²) in [5.41, 5.74) is 8.79. The van der Waals surface area contributed by atoms with E-state index in [0.717, 1.165) is 0 Å². The van der Waals surface area contributed by atoms with Gasteiger partial charge in [-0.25, -0.2) is 4.98 Å². The van der Waals surface area contributed by atoms with E-state index in [-0.39, 0.29) is 22.5 Å². The van der Waals surface area contributed by atoms with Crippen LogP contribution in [0.2, 0.25) is 5.02 Å². The average Bonchev–Trinajstić information content (AvgIpc) is 2.77. The van der Waals surface area contributed by atoms with Crippen molar-refractivity contribution in [1.29, 1.82) is 5.41 Å². The Hall–Kier alpha value is -3.91. The highest BCUT2D eigenvalue weighted by Crippen LogP contribution is 2.26. The number of anilines is 3. The molecular weight excluding hydrogens is 430 g/mol. The van der Waals surface area contributed by atoms with Crippen LogP contribution in [0.15, 0.2) is 48.7 Å². The van der Waals surface area contributed by atoms with E-state index in [1.807, 2.05) is 0 Å². The van der Waals surface area contributed by atoms with Gasteiger partial charge in [-0.2, -0.15) is 0 Å². The number of amides is 2. The Morgan fingerprint density at radius 3 is 2.34 bits per heavy atom. The van der Waals surface area contributed by atoms with Gasteiger partial charge in [-0.3, -0.25) is 9.59 Å². The van der Waals surface area contributed by atoms with Crippen LogP contribution in [0.25, 0.3) is 0 Å². The monoisotopic (exact) mass is 451 g/mol. The third-order valence-electron chi connectivity index (χ3n) is 4.85. The zero-order valence-electron chi connectivity index (χ0n) is 17.7. The fourth-order valence-corrected chi connectivity index (χ4v) is 3.21. The minimum absolute atomic E-state index is 0.177. The van der Waals surface area contributed by atoms with Gasteiger partial charge < -0.3 is 26.5 Å². The lowest BCUT2D eigenvalue weighted by atomic mass is 9.99. The first-order valence-corrected chi connectivity index (χ1v) is 9.96. The molecule has 0 spiro atoms. The molecular formula is C23H22ClN5O3. The van der Waals surface area contributed by atoms with Gasteiger partial charge >= 0.3 is 0 Å². The molecule has 0 atom stereocenters. The summed E-state index contributed by atoms with van der Waals surface area (Å²) < 4.78 is 5.22. The van der Waals surface area contributed by atoms with Crippen LogP contribution >= 0.6 is 11.6 Å². The maximum Gasteiger partial charge on any atom is 0.259 e. The molecule has 164 valence electrons. The maximum atomic E-state index is 13.0. The van der Waals surface area contributed by atoms with Crippen LogP contribution in [0.5, 0.6) is 5.75 Å². The molecule has 2 amide bonds. The van der Waals surface area contributed by atoms with Crippen molar-refractivity contribution in [2.75, 3.05) is 23.5 Å². The molecule has 0 aliphatic heterocycles. The SMILES string of the molecule is COc1ccc(NC(=O)c2ccc(C(C)=N)c(C)c2N)c(C(=O)Nc2ccc(Cl)cn2)c1. The smallest absolute Gasteiger partial charge is 0.259 e. The van der Waals surface area contributed by atoms with Crippen molar-refractivity contribution in [3.63, 3.8) is 0 Å². The van der Waals surface area contributed by atoms with E-state index >= 15 is 0 Å². The number of ether oxygens (including phenoxy) is 1. The summed E-state index contributed by atoms with van der Waals surface area (Å²) in [4.78, 5) is 29.9. The first-order chi connectivity index (χ1) is 15.2. The number of nitrogen functional groups attached to an aromatic ring is 1. The fraction of sp³-hybridized carbons (Fsp3) is 0.130. The second-order valence-electron chi connectivity index (χ2n) is 7.01. The summed E-state index contributed by atoms with van der Waals surface area (Å²) in [6, 6.07) is 11.1. The molecule has 3 aromatic rings. The average molecular weight is 452 g/mol. The number of aromatic nitrogens is 1. The van der Waals surface area contributed by atoms with Crippen molar-refractivity contribution in [2.45, 2.75) is 13.8 Å². The second kappa shape index (κ2) is 9.49. The molecule has 1 heterocycles. The van der Waals surface area contributed by atoms with E-state index < -0.39 is 11.8 Å². The highest BCUT2D eigenvalue weighted by molar-refractivity contribution is 6.30. The molecule has 5 N–H and O–H groups in total. The summed E-state index contributed by atoms with van der Waals surface area (Å²) in [7, 11) is 1.48. The summed E-state index contributed by atoms with van der Waals surface area (Å²) in [5, 5.41) is 13.7. The molecule has 0 radical (unpaired) electrons. The lowest BCUT2D eigenvalue weighted by molar-refractivity contribution is 0.102. The molecule has 0 aliphatic rings. The molecule has 0 unspecified atom stereocenters. The Balaban J connectivity index is 1.92. The van der Waals surface area contributed by atoms with E-state index in [9.17, 15) is 9.59 Å². The standard InChI is InChI=1S/C23H22ClN5O3/c1-12-16(13(2)25)6-7-17(21(12)26)22(30)28-19-8-5-15(32-3)10-18(19)23(31)29-20-9-4-14(24)11-27-20/h4-11,25H,26H2,1-3H3,(H,28,30)(H,27,29,31). The van der Waals surface area contributed by atoms with Gasteiger partial charge in [0.05, 0.1) is 28.9 Å². The number of nitrogens with one attached hydrogen (secondary N) is 3. The number of pyridine rings is 1. The van der Waals surface area contributed by atoms with E-state index in [0.29, 0.717) is 33.4 Å². The predicted molar refractivity (Wildman–Crippen MR) is 126 cm³/mol. The maximum absolute atomic E-state index is 13.0. The number of nitrogens with zero attached hydrogens (tertiary/aromatic N) is 1. The second-order valence-corrected chi connectivity index (χ2v) is 7.44. The Labute approximate surface area is 190 Å². The van der Waals surface area contributed by atoms with Gasteiger partial charge in [0.1, 0.15) is 11.6 Å². The lowest BCUT2D eigenvalue weighted by Crippen LogP contribution is -2.20. The molecule has 3 rings (SSSR count). The number of carbonyl (C=O) groups excluding carboxylic acids is 2. The Morgan fingerprint density at radius 1 is 1.03 bits per heavy atom. The van der Waals surface area contributed by atoms with Crippen molar-refractivity contribution in [1.82, 2.24) is 4.98 Å².